The fourth-order valence-corrected chi connectivity index (χ4v) is 2.96. The summed E-state index contributed by atoms with van der Waals surface area (Å²) in [4.78, 5) is 12.0. The molecule has 0 aliphatic rings. The van der Waals surface area contributed by atoms with Crippen molar-refractivity contribution in [1.82, 2.24) is 4.31 Å². The van der Waals surface area contributed by atoms with Crippen LogP contribution in [0.4, 0.5) is 5.69 Å². The third-order valence-corrected chi connectivity index (χ3v) is 5.46. The maximum absolute atomic E-state index is 12.0. The molecule has 0 bridgehead atoms. The molecule has 0 unspecified atom stereocenters. The number of sulfonamides is 1. The predicted octanol–water partition coefficient (Wildman–Crippen LogP) is 2.72. The van der Waals surface area contributed by atoms with E-state index in [9.17, 15) is 13.2 Å². The zero-order chi connectivity index (χ0) is 17.7. The minimum Gasteiger partial charge on any atom is -0.484 e. The first-order chi connectivity index (χ1) is 11.3. The number of amides is 1. The van der Waals surface area contributed by atoms with E-state index in [1.807, 2.05) is 12.1 Å². The summed E-state index contributed by atoms with van der Waals surface area (Å²) < 4.78 is 31.3. The van der Waals surface area contributed by atoms with E-state index in [0.717, 1.165) is 8.78 Å². The van der Waals surface area contributed by atoms with Gasteiger partial charge in [0, 0.05) is 24.3 Å². The molecule has 0 radical (unpaired) electrons. The number of anilines is 1. The molecule has 0 heterocycles. The summed E-state index contributed by atoms with van der Waals surface area (Å²) in [7, 11) is -0.546. The monoisotopic (exact) mass is 412 g/mol. The van der Waals surface area contributed by atoms with Crippen LogP contribution in [0.2, 0.25) is 0 Å². The van der Waals surface area contributed by atoms with E-state index in [4.69, 9.17) is 4.74 Å². The average molecular weight is 413 g/mol. The van der Waals surface area contributed by atoms with Crippen LogP contribution in [0.1, 0.15) is 0 Å². The molecule has 1 amide bonds. The Balaban J connectivity index is 1.92. The lowest BCUT2D eigenvalue weighted by Crippen LogP contribution is -2.22. The van der Waals surface area contributed by atoms with E-state index < -0.39 is 10.0 Å². The second-order valence-electron chi connectivity index (χ2n) is 5.10. The Bertz CT molecular complexity index is 803. The van der Waals surface area contributed by atoms with E-state index in [2.05, 4.69) is 21.2 Å². The van der Waals surface area contributed by atoms with Crippen LogP contribution in [0.25, 0.3) is 0 Å². The van der Waals surface area contributed by atoms with Crippen molar-refractivity contribution in [2.75, 3.05) is 26.0 Å². The van der Waals surface area contributed by atoms with Crippen molar-refractivity contribution in [3.05, 3.63) is 53.0 Å². The van der Waals surface area contributed by atoms with Gasteiger partial charge in [0.05, 0.1) is 4.90 Å². The van der Waals surface area contributed by atoms with Gasteiger partial charge in [-0.25, -0.2) is 12.7 Å². The fourth-order valence-electron chi connectivity index (χ4n) is 1.80. The summed E-state index contributed by atoms with van der Waals surface area (Å²) >= 11 is 3.32. The minimum absolute atomic E-state index is 0.166. The van der Waals surface area contributed by atoms with Gasteiger partial charge in [-0.05, 0) is 48.5 Å². The standard InChI is InChI=1S/C16H17BrN2O4S/c1-19(2)24(21,22)15-9-7-14(8-10-15)23-11-16(20)18-13-5-3-12(17)4-6-13/h3-10H,11H2,1-2H3,(H,18,20). The molecule has 2 rings (SSSR count). The Hall–Kier alpha value is -1.90. The van der Waals surface area contributed by atoms with Crippen molar-refractivity contribution in [3.8, 4) is 5.75 Å². The van der Waals surface area contributed by atoms with Crippen molar-refractivity contribution >= 4 is 37.5 Å². The lowest BCUT2D eigenvalue weighted by atomic mass is 10.3. The number of benzene rings is 2. The van der Waals surface area contributed by atoms with Gasteiger partial charge in [-0.1, -0.05) is 15.9 Å². The lowest BCUT2D eigenvalue weighted by Gasteiger charge is -2.12. The maximum Gasteiger partial charge on any atom is 0.262 e. The highest BCUT2D eigenvalue weighted by atomic mass is 79.9. The molecule has 128 valence electrons. The van der Waals surface area contributed by atoms with Crippen molar-refractivity contribution < 1.29 is 17.9 Å². The summed E-state index contributed by atoms with van der Waals surface area (Å²) in [6, 6.07) is 13.1. The molecule has 0 fully saturated rings. The van der Waals surface area contributed by atoms with E-state index in [1.54, 1.807) is 12.1 Å². The molecule has 2 aromatic rings. The molecule has 8 heteroatoms. The van der Waals surface area contributed by atoms with E-state index in [-0.39, 0.29) is 17.4 Å². The largest absolute Gasteiger partial charge is 0.484 e. The lowest BCUT2D eigenvalue weighted by molar-refractivity contribution is -0.118. The van der Waals surface area contributed by atoms with Crippen molar-refractivity contribution in [3.63, 3.8) is 0 Å². The second-order valence-corrected chi connectivity index (χ2v) is 8.17. The molecule has 0 atom stereocenters. The predicted molar refractivity (Wildman–Crippen MR) is 95.6 cm³/mol. The normalized spacial score (nSPS) is 11.3. The highest BCUT2D eigenvalue weighted by molar-refractivity contribution is 9.10. The number of carbonyl (C=O) groups is 1. The average Bonchev–Trinajstić information content (AvgIpc) is 2.55. The molecule has 1 N–H and O–H groups in total. The Morgan fingerprint density at radius 1 is 1.08 bits per heavy atom. The number of carbonyl (C=O) groups excluding carboxylic acids is 1. The Kier molecular flexibility index (Phi) is 5.98. The first kappa shape index (κ1) is 18.4. The SMILES string of the molecule is CN(C)S(=O)(=O)c1ccc(OCC(=O)Nc2ccc(Br)cc2)cc1. The number of halogens is 1. The summed E-state index contributed by atoms with van der Waals surface area (Å²) in [5.41, 5.74) is 0.666. The van der Waals surface area contributed by atoms with Gasteiger partial charge in [-0.2, -0.15) is 0 Å². The number of nitrogens with one attached hydrogen (secondary N) is 1. The van der Waals surface area contributed by atoms with Crippen molar-refractivity contribution in [2.24, 2.45) is 0 Å². The summed E-state index contributed by atoms with van der Waals surface area (Å²) in [6.45, 7) is -0.171. The number of hydrogen-bond donors (Lipinski definition) is 1. The van der Waals surface area contributed by atoms with Crippen molar-refractivity contribution in [1.29, 1.82) is 0 Å². The van der Waals surface area contributed by atoms with Gasteiger partial charge in [0.2, 0.25) is 10.0 Å². The number of rotatable bonds is 6. The van der Waals surface area contributed by atoms with Crippen LogP contribution in [-0.2, 0) is 14.8 Å². The van der Waals surface area contributed by atoms with Crippen LogP contribution in [0, 0.1) is 0 Å². The molecule has 2 aromatic carbocycles. The Morgan fingerprint density at radius 3 is 2.21 bits per heavy atom. The molecule has 0 aliphatic carbocycles. The van der Waals surface area contributed by atoms with Crippen LogP contribution < -0.4 is 10.1 Å². The van der Waals surface area contributed by atoms with Gasteiger partial charge in [-0.15, -0.1) is 0 Å². The molecular formula is C16H17BrN2O4S. The Morgan fingerprint density at radius 2 is 1.67 bits per heavy atom. The zero-order valence-electron chi connectivity index (χ0n) is 13.2. The Labute approximate surface area is 149 Å². The molecule has 0 saturated heterocycles. The van der Waals surface area contributed by atoms with Gasteiger partial charge in [0.25, 0.3) is 5.91 Å². The maximum atomic E-state index is 12.0. The summed E-state index contributed by atoms with van der Waals surface area (Å²) in [5, 5.41) is 2.70. The second kappa shape index (κ2) is 7.78. The van der Waals surface area contributed by atoms with Gasteiger partial charge in [0.15, 0.2) is 6.61 Å². The number of nitrogens with zero attached hydrogens (tertiary/aromatic N) is 1. The molecule has 0 aromatic heterocycles. The van der Waals surface area contributed by atoms with Crippen LogP contribution in [0.15, 0.2) is 57.9 Å². The number of ether oxygens (including phenoxy) is 1. The first-order valence-corrected chi connectivity index (χ1v) is 9.23. The molecule has 0 saturated carbocycles. The van der Waals surface area contributed by atoms with Crippen LogP contribution >= 0.6 is 15.9 Å². The summed E-state index contributed by atoms with van der Waals surface area (Å²) in [5.74, 6) is 0.112. The molecule has 24 heavy (non-hydrogen) atoms. The summed E-state index contributed by atoms with van der Waals surface area (Å²) in [6.07, 6.45) is 0. The zero-order valence-corrected chi connectivity index (χ0v) is 15.6. The van der Waals surface area contributed by atoms with E-state index in [0.29, 0.717) is 11.4 Å². The van der Waals surface area contributed by atoms with Gasteiger partial charge >= 0.3 is 0 Å². The van der Waals surface area contributed by atoms with Crippen LogP contribution in [0.5, 0.6) is 5.75 Å². The minimum atomic E-state index is -3.47. The molecule has 6 nitrogen and oxygen atoms in total. The van der Waals surface area contributed by atoms with Gasteiger partial charge < -0.3 is 10.1 Å². The van der Waals surface area contributed by atoms with Crippen molar-refractivity contribution in [2.45, 2.75) is 4.90 Å². The molecule has 0 aliphatic heterocycles. The quantitative estimate of drug-likeness (QED) is 0.790. The fraction of sp³-hybridized carbons (Fsp3) is 0.188. The molecular weight excluding hydrogens is 396 g/mol. The molecule has 0 spiro atoms. The van der Waals surface area contributed by atoms with Crippen LogP contribution in [0.3, 0.4) is 0 Å². The highest BCUT2D eigenvalue weighted by Crippen LogP contribution is 2.18. The van der Waals surface area contributed by atoms with Gasteiger partial charge in [-0.3, -0.25) is 4.79 Å². The van der Waals surface area contributed by atoms with Gasteiger partial charge in [0.1, 0.15) is 5.75 Å². The van der Waals surface area contributed by atoms with E-state index in [1.165, 1.54) is 38.4 Å². The van der Waals surface area contributed by atoms with E-state index >= 15 is 0 Å². The highest BCUT2D eigenvalue weighted by Gasteiger charge is 2.16. The smallest absolute Gasteiger partial charge is 0.262 e. The third kappa shape index (κ3) is 4.80. The first-order valence-electron chi connectivity index (χ1n) is 7.00. The third-order valence-electron chi connectivity index (χ3n) is 3.10. The topological polar surface area (TPSA) is 75.7 Å². The number of hydrogen-bond acceptors (Lipinski definition) is 4. The van der Waals surface area contributed by atoms with Crippen LogP contribution in [-0.4, -0.2) is 39.3 Å².